The van der Waals surface area contributed by atoms with Crippen molar-refractivity contribution >= 4 is 21.6 Å². The lowest BCUT2D eigenvalue weighted by Gasteiger charge is -2.11. The molecule has 3 N–H and O–H groups in total. The van der Waals surface area contributed by atoms with Gasteiger partial charge >= 0.3 is 0 Å². The van der Waals surface area contributed by atoms with Crippen LogP contribution in [0.1, 0.15) is 12.0 Å². The zero-order chi connectivity index (χ0) is 15.5. The summed E-state index contributed by atoms with van der Waals surface area (Å²) in [5, 5.41) is 0. The van der Waals surface area contributed by atoms with Crippen molar-refractivity contribution in [1.29, 1.82) is 0 Å². The number of anilines is 1. The molecule has 0 aliphatic rings. The van der Waals surface area contributed by atoms with Crippen molar-refractivity contribution in [2.45, 2.75) is 18.2 Å². The Hall–Kier alpha value is -1.67. The maximum absolute atomic E-state index is 13.4. The summed E-state index contributed by atoms with van der Waals surface area (Å²) in [4.78, 5) is 12.6. The molecule has 112 valence electrons. The number of hydrogen-bond acceptors (Lipinski definition) is 4. The minimum atomic E-state index is -3.81. The van der Waals surface area contributed by atoms with Crippen LogP contribution in [-0.4, -0.2) is 39.9 Å². The molecule has 0 unspecified atom stereocenters. The highest BCUT2D eigenvalue weighted by Gasteiger charge is 2.17. The van der Waals surface area contributed by atoms with Gasteiger partial charge < -0.3 is 10.6 Å². The van der Waals surface area contributed by atoms with Gasteiger partial charge in [-0.15, -0.1) is 0 Å². The second-order valence-electron chi connectivity index (χ2n) is 4.58. The summed E-state index contributed by atoms with van der Waals surface area (Å²) in [7, 11) is -0.642. The third kappa shape index (κ3) is 3.91. The zero-order valence-electron chi connectivity index (χ0n) is 11.6. The fourth-order valence-electron chi connectivity index (χ4n) is 1.52. The van der Waals surface area contributed by atoms with Crippen molar-refractivity contribution in [3.63, 3.8) is 0 Å². The molecule has 0 fully saturated rings. The molecule has 0 spiro atoms. The number of hydrogen-bond donors (Lipinski definition) is 2. The van der Waals surface area contributed by atoms with Gasteiger partial charge in [0.2, 0.25) is 15.9 Å². The Morgan fingerprint density at radius 1 is 1.40 bits per heavy atom. The molecule has 6 nitrogen and oxygen atoms in total. The third-order valence-corrected chi connectivity index (χ3v) is 4.14. The lowest BCUT2D eigenvalue weighted by Crippen LogP contribution is -2.30. The van der Waals surface area contributed by atoms with E-state index in [2.05, 4.69) is 4.72 Å². The van der Waals surface area contributed by atoms with Crippen molar-refractivity contribution < 1.29 is 17.6 Å². The first-order valence-electron chi connectivity index (χ1n) is 5.90. The van der Waals surface area contributed by atoms with Crippen LogP contribution in [0.2, 0.25) is 0 Å². The van der Waals surface area contributed by atoms with E-state index in [-0.39, 0.29) is 35.0 Å². The summed E-state index contributed by atoms with van der Waals surface area (Å²) in [6.07, 6.45) is 0.0435. The molecule has 1 aromatic carbocycles. The van der Waals surface area contributed by atoms with Crippen molar-refractivity contribution in [2.24, 2.45) is 0 Å². The number of amides is 1. The van der Waals surface area contributed by atoms with Gasteiger partial charge in [-0.25, -0.2) is 17.5 Å². The third-order valence-electron chi connectivity index (χ3n) is 2.70. The highest BCUT2D eigenvalue weighted by atomic mass is 32.2. The Bertz CT molecular complexity index is 591. The summed E-state index contributed by atoms with van der Waals surface area (Å²) in [5.74, 6) is -0.825. The molecule has 0 bridgehead atoms. The highest BCUT2D eigenvalue weighted by molar-refractivity contribution is 7.89. The molecule has 0 atom stereocenters. The highest BCUT2D eigenvalue weighted by Crippen LogP contribution is 2.20. The molecule has 1 aromatic rings. The zero-order valence-corrected chi connectivity index (χ0v) is 12.4. The van der Waals surface area contributed by atoms with E-state index in [9.17, 15) is 17.6 Å². The molecule has 0 saturated heterocycles. The van der Waals surface area contributed by atoms with Crippen molar-refractivity contribution in [3.05, 3.63) is 23.5 Å². The van der Waals surface area contributed by atoms with E-state index < -0.39 is 15.8 Å². The standard InChI is InChI=1S/C12H18FN3O3S/c1-8-6-9(7-10(14)12(8)13)20(18,19)15-5-4-11(17)16(2)3/h6-7,15H,4-5,14H2,1-3H3. The molecule has 0 heterocycles. The SMILES string of the molecule is Cc1cc(S(=O)(=O)NCCC(=O)N(C)C)cc(N)c1F. The summed E-state index contributed by atoms with van der Waals surface area (Å²) < 4.78 is 39.6. The van der Waals surface area contributed by atoms with Gasteiger partial charge in [-0.1, -0.05) is 0 Å². The number of nitrogens with two attached hydrogens (primary N) is 1. The second kappa shape index (κ2) is 6.19. The van der Waals surface area contributed by atoms with E-state index >= 15 is 0 Å². The van der Waals surface area contributed by atoms with Crippen molar-refractivity contribution in [2.75, 3.05) is 26.4 Å². The molecule has 1 rings (SSSR count). The Morgan fingerprint density at radius 3 is 2.50 bits per heavy atom. The molecule has 20 heavy (non-hydrogen) atoms. The number of carbonyl (C=O) groups excluding carboxylic acids is 1. The van der Waals surface area contributed by atoms with Crippen LogP contribution >= 0.6 is 0 Å². The van der Waals surface area contributed by atoms with E-state index in [1.54, 1.807) is 14.1 Å². The van der Waals surface area contributed by atoms with E-state index in [1.807, 2.05) is 0 Å². The number of halogens is 1. The number of benzene rings is 1. The molecule has 0 aliphatic carbocycles. The Kier molecular flexibility index (Phi) is 5.07. The van der Waals surface area contributed by atoms with Gasteiger partial charge in [0.15, 0.2) is 0 Å². The molecule has 0 saturated carbocycles. The van der Waals surface area contributed by atoms with Crippen LogP contribution in [0.4, 0.5) is 10.1 Å². The lowest BCUT2D eigenvalue weighted by molar-refractivity contribution is -0.128. The Labute approximate surface area is 117 Å². The van der Waals surface area contributed by atoms with Gasteiger partial charge in [0.05, 0.1) is 10.6 Å². The van der Waals surface area contributed by atoms with Gasteiger partial charge in [-0.2, -0.15) is 0 Å². The van der Waals surface area contributed by atoms with Crippen LogP contribution in [0.15, 0.2) is 17.0 Å². The Morgan fingerprint density at radius 2 is 2.00 bits per heavy atom. The fourth-order valence-corrected chi connectivity index (χ4v) is 2.67. The quantitative estimate of drug-likeness (QED) is 0.774. The van der Waals surface area contributed by atoms with Gasteiger partial charge in [-0.3, -0.25) is 4.79 Å². The predicted octanol–water partition coefficient (Wildman–Crippen LogP) is 0.473. The number of rotatable bonds is 5. The topological polar surface area (TPSA) is 92.5 Å². The normalized spacial score (nSPS) is 11.4. The van der Waals surface area contributed by atoms with Gasteiger partial charge in [0.1, 0.15) is 5.82 Å². The molecule has 0 aliphatic heterocycles. The number of nitrogens with zero attached hydrogens (tertiary/aromatic N) is 1. The van der Waals surface area contributed by atoms with E-state index in [1.165, 1.54) is 17.9 Å². The average molecular weight is 303 g/mol. The monoisotopic (exact) mass is 303 g/mol. The van der Waals surface area contributed by atoms with Gasteiger partial charge in [0, 0.05) is 27.1 Å². The van der Waals surface area contributed by atoms with Crippen LogP contribution in [0, 0.1) is 12.7 Å². The fraction of sp³-hybridized carbons (Fsp3) is 0.417. The van der Waals surface area contributed by atoms with Crippen LogP contribution < -0.4 is 10.5 Å². The summed E-state index contributed by atoms with van der Waals surface area (Å²) in [6.45, 7) is 1.40. The number of aryl methyl sites for hydroxylation is 1. The number of nitrogens with one attached hydrogen (secondary N) is 1. The van der Waals surface area contributed by atoms with Gasteiger partial charge in [0.25, 0.3) is 0 Å². The first-order valence-corrected chi connectivity index (χ1v) is 7.39. The maximum atomic E-state index is 13.4. The van der Waals surface area contributed by atoms with Crippen molar-refractivity contribution in [3.8, 4) is 0 Å². The molecular formula is C12H18FN3O3S. The molecular weight excluding hydrogens is 285 g/mol. The number of nitrogen functional groups attached to an aromatic ring is 1. The number of carbonyl (C=O) groups is 1. The van der Waals surface area contributed by atoms with Crippen LogP contribution in [0.25, 0.3) is 0 Å². The largest absolute Gasteiger partial charge is 0.396 e. The van der Waals surface area contributed by atoms with E-state index in [4.69, 9.17) is 5.73 Å². The number of sulfonamides is 1. The van der Waals surface area contributed by atoms with Crippen LogP contribution in [-0.2, 0) is 14.8 Å². The summed E-state index contributed by atoms with van der Waals surface area (Å²) in [6, 6.07) is 2.25. The van der Waals surface area contributed by atoms with Crippen LogP contribution in [0.5, 0.6) is 0 Å². The van der Waals surface area contributed by atoms with E-state index in [0.717, 1.165) is 6.07 Å². The van der Waals surface area contributed by atoms with E-state index in [0.29, 0.717) is 0 Å². The van der Waals surface area contributed by atoms with Crippen molar-refractivity contribution in [1.82, 2.24) is 9.62 Å². The first-order chi connectivity index (χ1) is 9.15. The summed E-state index contributed by atoms with van der Waals surface area (Å²) >= 11 is 0. The first kappa shape index (κ1) is 16.4. The minimum Gasteiger partial charge on any atom is -0.396 e. The summed E-state index contributed by atoms with van der Waals surface area (Å²) in [5.41, 5.74) is 5.33. The second-order valence-corrected chi connectivity index (χ2v) is 6.35. The molecule has 8 heteroatoms. The minimum absolute atomic E-state index is 0.0321. The van der Waals surface area contributed by atoms with Crippen LogP contribution in [0.3, 0.4) is 0 Å². The molecule has 0 radical (unpaired) electrons. The molecule has 1 amide bonds. The lowest BCUT2D eigenvalue weighted by atomic mass is 10.2. The smallest absolute Gasteiger partial charge is 0.240 e. The molecule has 0 aromatic heterocycles. The maximum Gasteiger partial charge on any atom is 0.240 e. The van der Waals surface area contributed by atoms with Gasteiger partial charge in [-0.05, 0) is 24.6 Å². The average Bonchev–Trinajstić information content (AvgIpc) is 2.34. The predicted molar refractivity (Wildman–Crippen MR) is 74.0 cm³/mol. The Balaban J connectivity index is 2.82.